The summed E-state index contributed by atoms with van der Waals surface area (Å²) < 4.78 is 7.36. The normalized spacial score (nSPS) is 17.4. The molecular weight excluding hydrogens is 428 g/mol. The van der Waals surface area contributed by atoms with E-state index in [0.717, 1.165) is 69.4 Å². The smallest absolute Gasteiger partial charge is 0.270 e. The Morgan fingerprint density at radius 3 is 2.38 bits per heavy atom. The van der Waals surface area contributed by atoms with E-state index in [0.29, 0.717) is 18.7 Å². The Balaban J connectivity index is 1.28. The van der Waals surface area contributed by atoms with E-state index in [1.54, 1.807) is 0 Å². The number of aromatic nitrogens is 2. The summed E-state index contributed by atoms with van der Waals surface area (Å²) in [5.41, 5.74) is 5.73. The predicted molar refractivity (Wildman–Crippen MR) is 135 cm³/mol. The quantitative estimate of drug-likeness (QED) is 0.607. The number of fused-ring (bicyclic) bond motifs is 1. The summed E-state index contributed by atoms with van der Waals surface area (Å²) in [5.74, 6) is -0.0889. The molecule has 2 saturated heterocycles. The Bertz CT molecular complexity index is 1130. The van der Waals surface area contributed by atoms with Gasteiger partial charge < -0.3 is 24.8 Å². The van der Waals surface area contributed by atoms with Crippen LogP contribution in [0.5, 0.6) is 0 Å². The molecule has 0 unspecified atom stereocenters. The lowest BCUT2D eigenvalue weighted by Gasteiger charge is -2.34. The van der Waals surface area contributed by atoms with Crippen LogP contribution in [-0.4, -0.2) is 79.7 Å². The lowest BCUT2D eigenvalue weighted by Crippen LogP contribution is -2.44. The maximum Gasteiger partial charge on any atom is 0.270 e. The number of morpholine rings is 1. The highest BCUT2D eigenvalue weighted by Gasteiger charge is 2.20. The van der Waals surface area contributed by atoms with Gasteiger partial charge in [0.1, 0.15) is 11.3 Å². The average Bonchev–Trinajstić information content (AvgIpc) is 3.26. The van der Waals surface area contributed by atoms with Crippen LogP contribution in [0, 0.1) is 0 Å². The molecule has 0 aliphatic carbocycles. The molecule has 1 aromatic carbocycles. The van der Waals surface area contributed by atoms with Crippen molar-refractivity contribution >= 4 is 22.9 Å². The van der Waals surface area contributed by atoms with E-state index in [4.69, 9.17) is 9.72 Å². The van der Waals surface area contributed by atoms with Crippen LogP contribution in [0.3, 0.4) is 0 Å². The molecule has 2 aliphatic heterocycles. The van der Waals surface area contributed by atoms with Gasteiger partial charge in [-0.25, -0.2) is 4.98 Å². The molecule has 180 valence electrons. The average molecular weight is 463 g/mol. The Morgan fingerprint density at radius 1 is 0.971 bits per heavy atom. The third-order valence-corrected chi connectivity index (χ3v) is 6.87. The van der Waals surface area contributed by atoms with E-state index in [9.17, 15) is 4.79 Å². The topological polar surface area (TPSA) is 65.4 Å². The van der Waals surface area contributed by atoms with Crippen molar-refractivity contribution in [3.05, 3.63) is 59.5 Å². The van der Waals surface area contributed by atoms with Crippen molar-refractivity contribution in [3.8, 4) is 0 Å². The number of anilines is 2. The van der Waals surface area contributed by atoms with Gasteiger partial charge in [-0.1, -0.05) is 19.1 Å². The summed E-state index contributed by atoms with van der Waals surface area (Å²) in [7, 11) is 2.16. The lowest BCUT2D eigenvalue weighted by atomic mass is 10.1. The zero-order chi connectivity index (χ0) is 23.5. The minimum absolute atomic E-state index is 0.0889. The summed E-state index contributed by atoms with van der Waals surface area (Å²) in [5, 5.41) is 3.10. The fraction of sp³-hybridized carbons (Fsp3) is 0.462. The first-order valence-corrected chi connectivity index (χ1v) is 12.3. The van der Waals surface area contributed by atoms with Gasteiger partial charge in [-0.2, -0.15) is 0 Å². The molecule has 2 aliphatic rings. The molecule has 2 aromatic heterocycles. The van der Waals surface area contributed by atoms with Crippen molar-refractivity contribution in [3.63, 3.8) is 0 Å². The molecule has 0 bridgehead atoms. The number of piperazine rings is 1. The number of pyridine rings is 1. The third kappa shape index (κ3) is 4.74. The van der Waals surface area contributed by atoms with Crippen LogP contribution in [0.2, 0.25) is 0 Å². The summed E-state index contributed by atoms with van der Waals surface area (Å²) >= 11 is 0. The highest BCUT2D eigenvalue weighted by atomic mass is 16.5. The van der Waals surface area contributed by atoms with Gasteiger partial charge in [0.2, 0.25) is 0 Å². The first kappa shape index (κ1) is 22.7. The second-order valence-electron chi connectivity index (χ2n) is 9.11. The maximum absolute atomic E-state index is 13.2. The number of imidazole rings is 1. The van der Waals surface area contributed by atoms with Crippen LogP contribution in [0.15, 0.2) is 42.6 Å². The first-order chi connectivity index (χ1) is 16.6. The van der Waals surface area contributed by atoms with Gasteiger partial charge in [-0.15, -0.1) is 0 Å². The second-order valence-corrected chi connectivity index (χ2v) is 9.11. The molecule has 1 N–H and O–H groups in total. The number of nitrogens with zero attached hydrogens (tertiary/aromatic N) is 5. The molecule has 0 atom stereocenters. The van der Waals surface area contributed by atoms with E-state index >= 15 is 0 Å². The summed E-state index contributed by atoms with van der Waals surface area (Å²) in [6.07, 6.45) is 2.70. The van der Waals surface area contributed by atoms with E-state index in [2.05, 4.69) is 63.5 Å². The zero-order valence-electron chi connectivity index (χ0n) is 20.2. The number of nitrogens with one attached hydrogen (secondary N) is 1. The molecule has 2 fully saturated rings. The molecule has 34 heavy (non-hydrogen) atoms. The van der Waals surface area contributed by atoms with Crippen LogP contribution in [0.25, 0.3) is 5.65 Å². The molecular formula is C26H34N6O2. The molecule has 8 heteroatoms. The first-order valence-electron chi connectivity index (χ1n) is 12.3. The standard InChI is InChI=1S/C26H34N6O2/c1-3-23-25(32-9-8-22(18-24(32)28-23)30-12-10-29(2)11-13-30)26(33)27-19-20-4-6-21(7-5-20)31-14-16-34-17-15-31/h4-9,18H,3,10-17,19H2,1-2H3,(H,27,33). The van der Waals surface area contributed by atoms with Crippen molar-refractivity contribution < 1.29 is 9.53 Å². The molecule has 0 spiro atoms. The predicted octanol–water partition coefficient (Wildman–Crippen LogP) is 2.42. The Labute approximate surface area is 201 Å². The molecule has 8 nitrogen and oxygen atoms in total. The summed E-state index contributed by atoms with van der Waals surface area (Å²) in [6.45, 7) is 10.0. The summed E-state index contributed by atoms with van der Waals surface area (Å²) in [6, 6.07) is 12.6. The monoisotopic (exact) mass is 462 g/mol. The van der Waals surface area contributed by atoms with Gasteiger partial charge in [0, 0.05) is 69.5 Å². The molecule has 0 radical (unpaired) electrons. The van der Waals surface area contributed by atoms with Crippen LogP contribution < -0.4 is 15.1 Å². The molecule has 1 amide bonds. The van der Waals surface area contributed by atoms with Crippen LogP contribution in [-0.2, 0) is 17.7 Å². The minimum atomic E-state index is -0.0889. The number of rotatable bonds is 6. The molecule has 4 heterocycles. The number of ether oxygens (including phenoxy) is 1. The van der Waals surface area contributed by atoms with Crippen molar-refractivity contribution in [1.82, 2.24) is 19.6 Å². The van der Waals surface area contributed by atoms with Gasteiger partial charge in [0.15, 0.2) is 0 Å². The number of likely N-dealkylation sites (N-methyl/N-ethyl adjacent to an activating group) is 1. The highest BCUT2D eigenvalue weighted by molar-refractivity contribution is 5.94. The van der Waals surface area contributed by atoms with Gasteiger partial charge in [0.05, 0.1) is 18.9 Å². The van der Waals surface area contributed by atoms with E-state index in [-0.39, 0.29) is 5.91 Å². The number of amides is 1. The summed E-state index contributed by atoms with van der Waals surface area (Å²) in [4.78, 5) is 25.1. The number of hydrogen-bond acceptors (Lipinski definition) is 6. The number of benzene rings is 1. The number of carbonyl (C=O) groups is 1. The van der Waals surface area contributed by atoms with Crippen molar-refractivity contribution in [2.24, 2.45) is 0 Å². The van der Waals surface area contributed by atoms with Crippen LogP contribution in [0.1, 0.15) is 28.7 Å². The lowest BCUT2D eigenvalue weighted by molar-refractivity contribution is 0.0944. The SMILES string of the molecule is CCc1nc2cc(N3CCN(C)CC3)ccn2c1C(=O)NCc1ccc(N2CCOCC2)cc1. The Morgan fingerprint density at radius 2 is 1.68 bits per heavy atom. The van der Waals surface area contributed by atoms with Crippen LogP contribution >= 0.6 is 0 Å². The van der Waals surface area contributed by atoms with Gasteiger partial charge in [0.25, 0.3) is 5.91 Å². The largest absolute Gasteiger partial charge is 0.378 e. The fourth-order valence-electron chi connectivity index (χ4n) is 4.74. The van der Waals surface area contributed by atoms with E-state index < -0.39 is 0 Å². The molecule has 0 saturated carbocycles. The Kier molecular flexibility index (Phi) is 6.69. The Hall–Kier alpha value is -3.10. The highest BCUT2D eigenvalue weighted by Crippen LogP contribution is 2.22. The van der Waals surface area contributed by atoms with E-state index in [1.807, 2.05) is 17.5 Å². The maximum atomic E-state index is 13.2. The van der Waals surface area contributed by atoms with Crippen LogP contribution in [0.4, 0.5) is 11.4 Å². The molecule has 5 rings (SSSR count). The zero-order valence-corrected chi connectivity index (χ0v) is 20.2. The number of carbonyl (C=O) groups excluding carboxylic acids is 1. The second kappa shape index (κ2) is 10.0. The van der Waals surface area contributed by atoms with Gasteiger partial charge >= 0.3 is 0 Å². The number of hydrogen-bond donors (Lipinski definition) is 1. The van der Waals surface area contributed by atoms with Crippen molar-refractivity contribution in [1.29, 1.82) is 0 Å². The molecule has 3 aromatic rings. The fourth-order valence-corrected chi connectivity index (χ4v) is 4.74. The van der Waals surface area contributed by atoms with Crippen molar-refractivity contribution in [2.45, 2.75) is 19.9 Å². The number of aryl methyl sites for hydroxylation is 1. The minimum Gasteiger partial charge on any atom is -0.378 e. The van der Waals surface area contributed by atoms with E-state index in [1.165, 1.54) is 11.4 Å². The third-order valence-electron chi connectivity index (χ3n) is 6.87. The van der Waals surface area contributed by atoms with Gasteiger partial charge in [-0.05, 0) is 37.2 Å². The van der Waals surface area contributed by atoms with Crippen molar-refractivity contribution in [2.75, 3.05) is 69.3 Å². The van der Waals surface area contributed by atoms with Gasteiger partial charge in [-0.3, -0.25) is 9.20 Å².